The predicted octanol–water partition coefficient (Wildman–Crippen LogP) is 4.36. The van der Waals surface area contributed by atoms with Gasteiger partial charge in [-0.15, -0.1) is 11.3 Å². The molecule has 2 rings (SSSR count). The van der Waals surface area contributed by atoms with Gasteiger partial charge in [-0.1, -0.05) is 11.6 Å². The molecular formula is C11H6ClF4NO2S2. The SMILES string of the molecule is O=S(=O)(Nc1cc(F)cc(C(F)(F)F)c1)c1ccc(Cl)s1. The molecule has 0 spiro atoms. The van der Waals surface area contributed by atoms with E-state index < -0.39 is 33.3 Å². The molecular weight excluding hydrogens is 354 g/mol. The summed E-state index contributed by atoms with van der Waals surface area (Å²) in [5.41, 5.74) is -1.81. The van der Waals surface area contributed by atoms with Gasteiger partial charge in [-0.2, -0.15) is 13.2 Å². The van der Waals surface area contributed by atoms with Crippen molar-refractivity contribution in [2.24, 2.45) is 0 Å². The molecule has 2 aromatic rings. The second kappa shape index (κ2) is 5.47. The smallest absolute Gasteiger partial charge is 0.279 e. The number of halogens is 5. The molecule has 0 radical (unpaired) electrons. The number of alkyl halides is 3. The second-order valence-electron chi connectivity index (χ2n) is 3.89. The van der Waals surface area contributed by atoms with Crippen molar-refractivity contribution >= 4 is 38.6 Å². The van der Waals surface area contributed by atoms with Crippen LogP contribution in [0.15, 0.2) is 34.5 Å². The molecule has 0 amide bonds. The van der Waals surface area contributed by atoms with Crippen molar-refractivity contribution in [1.82, 2.24) is 0 Å². The Kier molecular flexibility index (Phi) is 4.18. The highest BCUT2D eigenvalue weighted by Gasteiger charge is 2.31. The summed E-state index contributed by atoms with van der Waals surface area (Å²) in [6.07, 6.45) is -4.78. The van der Waals surface area contributed by atoms with Gasteiger partial charge in [0.2, 0.25) is 0 Å². The molecule has 0 saturated heterocycles. The number of hydrogen-bond donors (Lipinski definition) is 1. The molecule has 0 aliphatic heterocycles. The lowest BCUT2D eigenvalue weighted by Gasteiger charge is -2.11. The Labute approximate surface area is 126 Å². The maximum Gasteiger partial charge on any atom is 0.416 e. The van der Waals surface area contributed by atoms with Gasteiger partial charge in [-0.05, 0) is 30.3 Å². The van der Waals surface area contributed by atoms with Crippen LogP contribution in [0.2, 0.25) is 4.34 Å². The van der Waals surface area contributed by atoms with Crippen LogP contribution in [0.25, 0.3) is 0 Å². The van der Waals surface area contributed by atoms with E-state index in [4.69, 9.17) is 11.6 Å². The van der Waals surface area contributed by atoms with E-state index in [9.17, 15) is 26.0 Å². The van der Waals surface area contributed by atoms with Gasteiger partial charge in [-0.25, -0.2) is 12.8 Å². The van der Waals surface area contributed by atoms with Crippen molar-refractivity contribution in [3.63, 3.8) is 0 Å². The van der Waals surface area contributed by atoms with E-state index in [1.807, 2.05) is 4.72 Å². The van der Waals surface area contributed by atoms with Gasteiger partial charge in [0.05, 0.1) is 15.6 Å². The molecule has 21 heavy (non-hydrogen) atoms. The van der Waals surface area contributed by atoms with Crippen LogP contribution in [0.3, 0.4) is 0 Å². The van der Waals surface area contributed by atoms with Gasteiger partial charge < -0.3 is 0 Å². The number of thiophene rings is 1. The van der Waals surface area contributed by atoms with Gasteiger partial charge in [-0.3, -0.25) is 4.72 Å². The van der Waals surface area contributed by atoms with Crippen molar-refractivity contribution in [2.75, 3.05) is 4.72 Å². The average molecular weight is 360 g/mol. The van der Waals surface area contributed by atoms with Gasteiger partial charge >= 0.3 is 6.18 Å². The van der Waals surface area contributed by atoms with Crippen LogP contribution < -0.4 is 4.72 Å². The van der Waals surface area contributed by atoms with Gasteiger partial charge in [0.15, 0.2) is 0 Å². The molecule has 0 aliphatic rings. The van der Waals surface area contributed by atoms with Crippen LogP contribution in [0, 0.1) is 5.82 Å². The van der Waals surface area contributed by atoms with E-state index in [1.165, 1.54) is 12.1 Å². The number of rotatable bonds is 3. The fourth-order valence-electron chi connectivity index (χ4n) is 1.46. The first-order chi connectivity index (χ1) is 9.58. The summed E-state index contributed by atoms with van der Waals surface area (Å²) in [6, 6.07) is 3.96. The van der Waals surface area contributed by atoms with Crippen LogP contribution in [0.5, 0.6) is 0 Å². The Balaban J connectivity index is 2.38. The molecule has 0 unspecified atom stereocenters. The van der Waals surface area contributed by atoms with Crippen molar-refractivity contribution in [1.29, 1.82) is 0 Å². The van der Waals surface area contributed by atoms with Crippen molar-refractivity contribution in [2.45, 2.75) is 10.4 Å². The molecule has 0 saturated carbocycles. The normalized spacial score (nSPS) is 12.4. The zero-order chi connectivity index (χ0) is 15.8. The Morgan fingerprint density at radius 1 is 1.14 bits per heavy atom. The Bertz CT molecular complexity index is 771. The molecule has 10 heteroatoms. The predicted molar refractivity (Wildman–Crippen MR) is 71.5 cm³/mol. The molecule has 114 valence electrons. The van der Waals surface area contributed by atoms with Crippen LogP contribution >= 0.6 is 22.9 Å². The summed E-state index contributed by atoms with van der Waals surface area (Å²) in [6.45, 7) is 0. The van der Waals surface area contributed by atoms with Crippen LogP contribution in [-0.4, -0.2) is 8.42 Å². The van der Waals surface area contributed by atoms with Gasteiger partial charge in [0, 0.05) is 0 Å². The molecule has 0 atom stereocenters. The van der Waals surface area contributed by atoms with Crippen LogP contribution in [-0.2, 0) is 16.2 Å². The first kappa shape index (κ1) is 16.1. The van der Waals surface area contributed by atoms with Crippen LogP contribution in [0.1, 0.15) is 5.56 Å². The molecule has 3 nitrogen and oxygen atoms in total. The zero-order valence-electron chi connectivity index (χ0n) is 9.91. The molecule has 0 bridgehead atoms. The van der Waals surface area contributed by atoms with E-state index in [0.717, 1.165) is 11.3 Å². The largest absolute Gasteiger partial charge is 0.416 e. The standard InChI is InChI=1S/C11H6ClF4NO2S2/c12-9-1-2-10(20-9)21(18,19)17-8-4-6(11(14,15)16)3-7(13)5-8/h1-5,17H. The molecule has 0 aliphatic carbocycles. The molecule has 0 fully saturated rings. The lowest BCUT2D eigenvalue weighted by molar-refractivity contribution is -0.137. The average Bonchev–Trinajstić information content (AvgIpc) is 2.74. The lowest BCUT2D eigenvalue weighted by Crippen LogP contribution is -2.13. The molecule has 1 aromatic carbocycles. The number of nitrogens with one attached hydrogen (secondary N) is 1. The number of sulfonamides is 1. The van der Waals surface area contributed by atoms with Gasteiger partial charge in [0.1, 0.15) is 10.0 Å². The minimum absolute atomic E-state index is 0.190. The van der Waals surface area contributed by atoms with E-state index in [-0.39, 0.29) is 14.6 Å². The third-order valence-electron chi connectivity index (χ3n) is 2.29. The fraction of sp³-hybridized carbons (Fsp3) is 0.0909. The number of hydrogen-bond acceptors (Lipinski definition) is 3. The molecule has 1 aromatic heterocycles. The molecule has 1 N–H and O–H groups in total. The van der Waals surface area contributed by atoms with E-state index >= 15 is 0 Å². The van der Waals surface area contributed by atoms with Gasteiger partial charge in [0.25, 0.3) is 10.0 Å². The third kappa shape index (κ3) is 3.86. The zero-order valence-corrected chi connectivity index (χ0v) is 12.3. The first-order valence-electron chi connectivity index (χ1n) is 5.24. The van der Waals surface area contributed by atoms with Crippen molar-refractivity contribution in [3.8, 4) is 0 Å². The minimum Gasteiger partial charge on any atom is -0.279 e. The summed E-state index contributed by atoms with van der Waals surface area (Å²) in [4.78, 5) is 0. The fourth-order valence-corrected chi connectivity index (χ4v) is 3.98. The monoisotopic (exact) mass is 359 g/mol. The topological polar surface area (TPSA) is 46.2 Å². The quantitative estimate of drug-likeness (QED) is 0.828. The van der Waals surface area contributed by atoms with E-state index in [0.29, 0.717) is 12.1 Å². The Morgan fingerprint density at radius 2 is 1.81 bits per heavy atom. The van der Waals surface area contributed by atoms with Crippen molar-refractivity contribution < 1.29 is 26.0 Å². The van der Waals surface area contributed by atoms with Crippen molar-refractivity contribution in [3.05, 3.63) is 46.0 Å². The first-order valence-corrected chi connectivity index (χ1v) is 7.92. The highest BCUT2D eigenvalue weighted by molar-refractivity contribution is 7.94. The molecule has 1 heterocycles. The maximum atomic E-state index is 13.2. The summed E-state index contributed by atoms with van der Waals surface area (Å²) in [7, 11) is -4.12. The maximum absolute atomic E-state index is 13.2. The van der Waals surface area contributed by atoms with E-state index in [2.05, 4.69) is 0 Å². The number of anilines is 1. The highest BCUT2D eigenvalue weighted by Crippen LogP contribution is 2.33. The third-order valence-corrected chi connectivity index (χ3v) is 5.40. The summed E-state index contributed by atoms with van der Waals surface area (Å²) in [5, 5.41) is 0. The van der Waals surface area contributed by atoms with Crippen LogP contribution in [0.4, 0.5) is 23.2 Å². The Morgan fingerprint density at radius 3 is 2.33 bits per heavy atom. The number of benzene rings is 1. The minimum atomic E-state index is -4.78. The Hall–Kier alpha value is -1.32. The summed E-state index contributed by atoms with van der Waals surface area (Å²) in [5.74, 6) is -1.20. The summed E-state index contributed by atoms with van der Waals surface area (Å²) >= 11 is 6.32. The second-order valence-corrected chi connectivity index (χ2v) is 7.51. The van der Waals surface area contributed by atoms with E-state index in [1.54, 1.807) is 0 Å². The summed E-state index contributed by atoms with van der Waals surface area (Å²) < 4.78 is 76.6. The lowest BCUT2D eigenvalue weighted by atomic mass is 10.2. The highest BCUT2D eigenvalue weighted by atomic mass is 35.5.